The molecule has 4 nitrogen and oxygen atoms in total. The number of nitrogens with zero attached hydrogens (tertiary/aromatic N) is 1. The van der Waals surface area contributed by atoms with Gasteiger partial charge in [0.15, 0.2) is 0 Å². The highest BCUT2D eigenvalue weighted by Crippen LogP contribution is 2.39. The molecular formula is C13H20ClN3O. The maximum Gasteiger partial charge on any atom is 0.268 e. The molecule has 1 saturated carbocycles. The molecule has 1 unspecified atom stereocenters. The van der Waals surface area contributed by atoms with E-state index < -0.39 is 0 Å². The number of rotatable bonds is 5. The Morgan fingerprint density at radius 1 is 1.67 bits per heavy atom. The van der Waals surface area contributed by atoms with E-state index in [-0.39, 0.29) is 11.4 Å². The number of aryl methyl sites for hydroxylation is 1. The molecule has 0 spiro atoms. The van der Waals surface area contributed by atoms with E-state index in [1.807, 2.05) is 18.4 Å². The van der Waals surface area contributed by atoms with E-state index >= 15 is 0 Å². The van der Waals surface area contributed by atoms with Crippen molar-refractivity contribution in [3.63, 3.8) is 0 Å². The van der Waals surface area contributed by atoms with Crippen LogP contribution in [0.5, 0.6) is 0 Å². The second kappa shape index (κ2) is 4.94. The Labute approximate surface area is 112 Å². The van der Waals surface area contributed by atoms with Crippen molar-refractivity contribution in [3.05, 3.63) is 23.0 Å². The van der Waals surface area contributed by atoms with Gasteiger partial charge in [0.05, 0.1) is 10.6 Å². The van der Waals surface area contributed by atoms with Gasteiger partial charge in [-0.05, 0) is 38.7 Å². The summed E-state index contributed by atoms with van der Waals surface area (Å²) in [4.78, 5) is 12.3. The number of carbonyl (C=O) groups excluding carboxylic acids is 1. The summed E-state index contributed by atoms with van der Waals surface area (Å²) < 4.78 is 1.85. The van der Waals surface area contributed by atoms with E-state index in [0.717, 1.165) is 19.4 Å². The maximum absolute atomic E-state index is 12.3. The normalized spacial score (nSPS) is 18.4. The smallest absolute Gasteiger partial charge is 0.268 e. The van der Waals surface area contributed by atoms with Gasteiger partial charge in [0.1, 0.15) is 5.69 Å². The Morgan fingerprint density at radius 3 is 2.83 bits per heavy atom. The molecule has 5 heteroatoms. The number of aromatic nitrogens is 1. The fraction of sp³-hybridized carbons (Fsp3) is 0.615. The van der Waals surface area contributed by atoms with Crippen molar-refractivity contribution in [3.8, 4) is 0 Å². The summed E-state index contributed by atoms with van der Waals surface area (Å²) in [5, 5.41) is 3.65. The van der Waals surface area contributed by atoms with Gasteiger partial charge >= 0.3 is 0 Å². The molecule has 0 radical (unpaired) electrons. The van der Waals surface area contributed by atoms with Crippen LogP contribution < -0.4 is 11.1 Å². The van der Waals surface area contributed by atoms with E-state index in [2.05, 4.69) is 5.32 Å². The third-order valence-electron chi connectivity index (χ3n) is 3.74. The minimum Gasteiger partial charge on any atom is -0.344 e. The van der Waals surface area contributed by atoms with E-state index in [0.29, 0.717) is 23.2 Å². The van der Waals surface area contributed by atoms with Crippen molar-refractivity contribution in [1.29, 1.82) is 0 Å². The van der Waals surface area contributed by atoms with Crippen molar-refractivity contribution in [1.82, 2.24) is 9.88 Å². The molecule has 1 fully saturated rings. The third kappa shape index (κ3) is 2.54. The van der Waals surface area contributed by atoms with Crippen LogP contribution in [0.4, 0.5) is 0 Å². The topological polar surface area (TPSA) is 60.0 Å². The summed E-state index contributed by atoms with van der Waals surface area (Å²) in [6, 6.07) is 1.70. The molecule has 1 amide bonds. The lowest BCUT2D eigenvalue weighted by Crippen LogP contribution is -2.53. The van der Waals surface area contributed by atoms with Crippen LogP contribution in [0.25, 0.3) is 0 Å². The average Bonchev–Trinajstić information content (AvgIpc) is 3.12. The van der Waals surface area contributed by atoms with Crippen LogP contribution in [0.3, 0.4) is 0 Å². The molecule has 0 aliphatic heterocycles. The molecule has 100 valence electrons. The first-order valence-corrected chi connectivity index (χ1v) is 6.76. The number of hydrogen-bond acceptors (Lipinski definition) is 2. The van der Waals surface area contributed by atoms with E-state index in [9.17, 15) is 4.79 Å². The fourth-order valence-electron chi connectivity index (χ4n) is 2.29. The quantitative estimate of drug-likeness (QED) is 0.859. The molecule has 0 bridgehead atoms. The van der Waals surface area contributed by atoms with E-state index in [4.69, 9.17) is 17.3 Å². The third-order valence-corrected chi connectivity index (χ3v) is 3.94. The molecule has 0 saturated heterocycles. The molecule has 1 heterocycles. The molecule has 1 aliphatic rings. The zero-order valence-corrected chi connectivity index (χ0v) is 11.6. The molecule has 3 N–H and O–H groups in total. The number of hydrogen-bond donors (Lipinski definition) is 2. The van der Waals surface area contributed by atoms with Gasteiger partial charge in [-0.3, -0.25) is 4.79 Å². The van der Waals surface area contributed by atoms with Crippen molar-refractivity contribution in [2.24, 2.45) is 11.7 Å². The van der Waals surface area contributed by atoms with Gasteiger partial charge < -0.3 is 15.6 Å². The maximum atomic E-state index is 12.3. The number of amides is 1. The standard InChI is InChI=1S/C13H20ClN3O/c1-3-17-7-10(14)6-11(17)12(18)16-13(2,8-15)9-4-5-9/h6-7,9H,3-5,8,15H2,1-2H3,(H,16,18). The van der Waals surface area contributed by atoms with Gasteiger partial charge in [-0.2, -0.15) is 0 Å². The largest absolute Gasteiger partial charge is 0.344 e. The van der Waals surface area contributed by atoms with Crippen LogP contribution in [0.15, 0.2) is 12.3 Å². The lowest BCUT2D eigenvalue weighted by molar-refractivity contribution is 0.0888. The van der Waals surface area contributed by atoms with Crippen LogP contribution in [0.2, 0.25) is 5.02 Å². The first-order valence-electron chi connectivity index (χ1n) is 6.38. The summed E-state index contributed by atoms with van der Waals surface area (Å²) in [5.74, 6) is 0.413. The first-order chi connectivity index (χ1) is 8.50. The fourth-order valence-corrected chi connectivity index (χ4v) is 2.51. The van der Waals surface area contributed by atoms with Crippen molar-refractivity contribution in [2.75, 3.05) is 6.54 Å². The van der Waals surface area contributed by atoms with Gasteiger partial charge in [0.25, 0.3) is 5.91 Å². The van der Waals surface area contributed by atoms with Gasteiger partial charge in [-0.15, -0.1) is 0 Å². The average molecular weight is 270 g/mol. The molecule has 18 heavy (non-hydrogen) atoms. The van der Waals surface area contributed by atoms with Crippen molar-refractivity contribution >= 4 is 17.5 Å². The van der Waals surface area contributed by atoms with Crippen LogP contribution >= 0.6 is 11.6 Å². The van der Waals surface area contributed by atoms with Crippen LogP contribution in [0, 0.1) is 5.92 Å². The van der Waals surface area contributed by atoms with Crippen molar-refractivity contribution in [2.45, 2.75) is 38.8 Å². The lowest BCUT2D eigenvalue weighted by atomic mass is 9.96. The highest BCUT2D eigenvalue weighted by Gasteiger charge is 2.41. The second-order valence-corrected chi connectivity index (χ2v) is 5.62. The highest BCUT2D eigenvalue weighted by atomic mass is 35.5. The Bertz CT molecular complexity index is 453. The minimum atomic E-state index is -0.299. The second-order valence-electron chi connectivity index (χ2n) is 5.18. The summed E-state index contributed by atoms with van der Waals surface area (Å²) in [5.41, 5.74) is 6.10. The molecule has 2 rings (SSSR count). The van der Waals surface area contributed by atoms with Crippen LogP contribution in [0.1, 0.15) is 37.2 Å². The Hall–Kier alpha value is -1.00. The summed E-state index contributed by atoms with van der Waals surface area (Å²) in [7, 11) is 0. The van der Waals surface area contributed by atoms with Gasteiger partial charge in [-0.1, -0.05) is 11.6 Å². The summed E-state index contributed by atoms with van der Waals surface area (Å²) in [6.45, 7) is 5.18. The van der Waals surface area contributed by atoms with E-state index in [1.165, 1.54) is 0 Å². The monoisotopic (exact) mass is 269 g/mol. The number of halogens is 1. The first kappa shape index (κ1) is 13.4. The van der Waals surface area contributed by atoms with Crippen LogP contribution in [-0.4, -0.2) is 22.6 Å². The molecule has 1 aliphatic carbocycles. The summed E-state index contributed by atoms with van der Waals surface area (Å²) >= 11 is 5.94. The SMILES string of the molecule is CCn1cc(Cl)cc1C(=O)NC(C)(CN)C1CC1. The number of nitrogens with one attached hydrogen (secondary N) is 1. The molecule has 1 atom stereocenters. The highest BCUT2D eigenvalue weighted by molar-refractivity contribution is 6.31. The predicted molar refractivity (Wildman–Crippen MR) is 72.8 cm³/mol. The van der Waals surface area contributed by atoms with Gasteiger partial charge in [0.2, 0.25) is 0 Å². The Balaban J connectivity index is 2.15. The lowest BCUT2D eigenvalue weighted by Gasteiger charge is -2.29. The predicted octanol–water partition coefficient (Wildman–Crippen LogP) is 2.02. The number of nitrogens with two attached hydrogens (primary N) is 1. The zero-order chi connectivity index (χ0) is 13.3. The number of carbonyl (C=O) groups is 1. The van der Waals surface area contributed by atoms with Gasteiger partial charge in [-0.25, -0.2) is 0 Å². The zero-order valence-electron chi connectivity index (χ0n) is 10.9. The molecular weight excluding hydrogens is 250 g/mol. The Morgan fingerprint density at radius 2 is 2.33 bits per heavy atom. The van der Waals surface area contributed by atoms with Gasteiger partial charge in [0, 0.05) is 19.3 Å². The molecule has 1 aromatic rings. The van der Waals surface area contributed by atoms with Crippen LogP contribution in [-0.2, 0) is 6.54 Å². The summed E-state index contributed by atoms with van der Waals surface area (Å²) in [6.07, 6.45) is 4.06. The Kier molecular flexibility index (Phi) is 3.69. The van der Waals surface area contributed by atoms with E-state index in [1.54, 1.807) is 12.3 Å². The minimum absolute atomic E-state index is 0.0939. The molecule has 1 aromatic heterocycles. The molecule has 0 aromatic carbocycles. The van der Waals surface area contributed by atoms with Crippen molar-refractivity contribution < 1.29 is 4.79 Å².